The van der Waals surface area contributed by atoms with Gasteiger partial charge in [-0.2, -0.15) is 5.10 Å². The number of nitrogens with two attached hydrogens (primary N) is 1. The molecule has 1 unspecified atom stereocenters. The first kappa shape index (κ1) is 33.5. The first-order chi connectivity index (χ1) is 22.1. The number of ether oxygens (including phenoxy) is 1. The summed E-state index contributed by atoms with van der Waals surface area (Å²) >= 11 is 6.17. The van der Waals surface area contributed by atoms with Crippen molar-refractivity contribution in [1.82, 2.24) is 10.2 Å². The third-order valence-corrected chi connectivity index (χ3v) is 7.12. The minimum absolute atomic E-state index is 0.0485. The number of hydrogen-bond donors (Lipinski definition) is 4. The van der Waals surface area contributed by atoms with Crippen LogP contribution in [-0.4, -0.2) is 79.1 Å². The van der Waals surface area contributed by atoms with Gasteiger partial charge in [0.1, 0.15) is 12.4 Å². The van der Waals surface area contributed by atoms with Crippen LogP contribution in [0.3, 0.4) is 0 Å². The van der Waals surface area contributed by atoms with Crippen LogP contribution in [0.5, 0.6) is 0 Å². The number of morpholine rings is 1. The van der Waals surface area contributed by atoms with Crippen LogP contribution in [-0.2, 0) is 20.7 Å². The van der Waals surface area contributed by atoms with Crippen LogP contribution in [0.15, 0.2) is 83.0 Å². The van der Waals surface area contributed by atoms with Gasteiger partial charge in [-0.25, -0.2) is 10.6 Å². The first-order valence-corrected chi connectivity index (χ1v) is 14.4. The van der Waals surface area contributed by atoms with Gasteiger partial charge in [-0.1, -0.05) is 23.7 Å². The molecule has 3 aromatic carbocycles. The van der Waals surface area contributed by atoms with Crippen molar-refractivity contribution in [3.63, 3.8) is 0 Å². The highest BCUT2D eigenvalue weighted by molar-refractivity contribution is 6.30. The van der Waals surface area contributed by atoms with Gasteiger partial charge in [0.2, 0.25) is 11.8 Å². The third kappa shape index (κ3) is 9.32. The van der Waals surface area contributed by atoms with E-state index in [1.54, 1.807) is 47.4 Å². The van der Waals surface area contributed by atoms with E-state index in [1.165, 1.54) is 47.8 Å². The molecule has 0 saturated carbocycles. The van der Waals surface area contributed by atoms with Crippen molar-refractivity contribution in [3.05, 3.63) is 100 Å². The smallest absolute Gasteiger partial charge is 0.335 e. The maximum absolute atomic E-state index is 13.5. The lowest BCUT2D eigenvalue weighted by Crippen LogP contribution is -2.44. The summed E-state index contributed by atoms with van der Waals surface area (Å²) in [5.74, 6) is 3.61. The number of carboxylic acids is 1. The van der Waals surface area contributed by atoms with Crippen molar-refractivity contribution in [2.24, 2.45) is 16.0 Å². The van der Waals surface area contributed by atoms with Crippen molar-refractivity contribution in [2.75, 3.05) is 36.6 Å². The van der Waals surface area contributed by atoms with Crippen LogP contribution < -0.4 is 21.5 Å². The minimum Gasteiger partial charge on any atom is -0.478 e. The van der Waals surface area contributed by atoms with Gasteiger partial charge in [0, 0.05) is 54.1 Å². The van der Waals surface area contributed by atoms with Crippen LogP contribution >= 0.6 is 11.6 Å². The number of carbonyl (C=O) groups is 4. The molecule has 0 spiro atoms. The van der Waals surface area contributed by atoms with Crippen LogP contribution in [0.25, 0.3) is 6.08 Å². The summed E-state index contributed by atoms with van der Waals surface area (Å²) in [5, 5.41) is 23.2. The Hall–Kier alpha value is -5.37. The molecule has 14 heteroatoms. The lowest BCUT2D eigenvalue weighted by atomic mass is 10.0. The molecule has 5 N–H and O–H groups in total. The number of anilines is 2. The SMILES string of the molecule is C=N/N=C\N(N)c1ccc(Cl)cc1/C=C/C(=O)NC(Cc1cccc(C(=O)N2CCOCC2)c1)C(=O)Nc1ccc(C(=O)O)cc1. The topological polar surface area (TPSA) is 179 Å². The van der Waals surface area contributed by atoms with Gasteiger partial charge in [-0.15, -0.1) is 5.10 Å². The molecule has 1 atom stereocenters. The number of aromatic carboxylic acids is 1. The van der Waals surface area contributed by atoms with Gasteiger partial charge >= 0.3 is 5.97 Å². The molecular formula is C32H32ClN7O6. The van der Waals surface area contributed by atoms with Crippen molar-refractivity contribution in [3.8, 4) is 0 Å². The quantitative estimate of drug-likeness (QED) is 0.0762. The summed E-state index contributed by atoms with van der Waals surface area (Å²) in [7, 11) is 0. The van der Waals surface area contributed by atoms with E-state index in [1.807, 2.05) is 0 Å². The van der Waals surface area contributed by atoms with E-state index in [9.17, 15) is 24.3 Å². The van der Waals surface area contributed by atoms with E-state index >= 15 is 0 Å². The Bertz CT molecular complexity index is 1650. The molecule has 3 aromatic rings. The summed E-state index contributed by atoms with van der Waals surface area (Å²) in [6, 6.07) is 16.2. The standard InChI is InChI=1S/C32H32ClN7O6/c1-35-36-20-40(34)28-11-8-25(33)19-23(28)7-12-29(41)38-27(30(42)37-26-9-5-22(6-10-26)32(44)45)18-21-3-2-4-24(17-21)31(43)39-13-15-46-16-14-39/h2-12,17,19-20,27H,1,13-16,18,34H2,(H,37,42)(H,38,41)(H,44,45)/b12-7+,36-20-. The molecule has 3 amide bonds. The molecule has 13 nitrogen and oxygen atoms in total. The van der Waals surface area contributed by atoms with E-state index in [0.29, 0.717) is 59.4 Å². The Balaban J connectivity index is 1.56. The largest absolute Gasteiger partial charge is 0.478 e. The third-order valence-electron chi connectivity index (χ3n) is 6.88. The van der Waals surface area contributed by atoms with Gasteiger partial charge in [0.15, 0.2) is 0 Å². The number of carboxylic acid groups (broad SMARTS) is 1. The molecule has 1 aliphatic heterocycles. The number of carbonyl (C=O) groups excluding carboxylic acids is 3. The van der Waals surface area contributed by atoms with Gasteiger partial charge in [-0.05, 0) is 66.2 Å². The van der Waals surface area contributed by atoms with E-state index in [2.05, 4.69) is 27.6 Å². The summed E-state index contributed by atoms with van der Waals surface area (Å²) in [6.45, 7) is 5.14. The number of nitrogens with one attached hydrogen (secondary N) is 2. The lowest BCUT2D eigenvalue weighted by molar-refractivity contribution is -0.123. The Labute approximate surface area is 270 Å². The molecule has 0 bridgehead atoms. The number of hydrogen-bond acceptors (Lipinski definition) is 8. The highest BCUT2D eigenvalue weighted by Crippen LogP contribution is 2.24. The number of hydrazine groups is 1. The summed E-state index contributed by atoms with van der Waals surface area (Å²) in [4.78, 5) is 52.6. The molecule has 0 aromatic heterocycles. The highest BCUT2D eigenvalue weighted by atomic mass is 35.5. The number of benzene rings is 3. The summed E-state index contributed by atoms with van der Waals surface area (Å²) in [6.07, 6.45) is 3.99. The van der Waals surface area contributed by atoms with Crippen LogP contribution in [0.4, 0.5) is 11.4 Å². The van der Waals surface area contributed by atoms with Gasteiger partial charge in [-0.3, -0.25) is 19.4 Å². The van der Waals surface area contributed by atoms with Crippen molar-refractivity contribution < 1.29 is 29.0 Å². The number of nitrogens with zero attached hydrogens (tertiary/aromatic N) is 4. The first-order valence-electron chi connectivity index (χ1n) is 14.1. The average Bonchev–Trinajstić information content (AvgIpc) is 3.06. The molecule has 1 fully saturated rings. The van der Waals surface area contributed by atoms with Crippen molar-refractivity contribution in [1.29, 1.82) is 0 Å². The van der Waals surface area contributed by atoms with Crippen molar-refractivity contribution >= 4 is 65.8 Å². The lowest BCUT2D eigenvalue weighted by Gasteiger charge is -2.27. The highest BCUT2D eigenvalue weighted by Gasteiger charge is 2.23. The second kappa shape index (κ2) is 16.1. The zero-order valence-corrected chi connectivity index (χ0v) is 25.4. The fourth-order valence-corrected chi connectivity index (χ4v) is 4.77. The fourth-order valence-electron chi connectivity index (χ4n) is 4.58. The number of amides is 3. The van der Waals surface area contributed by atoms with Gasteiger partial charge in [0.25, 0.3) is 5.91 Å². The Morgan fingerprint density at radius 3 is 2.50 bits per heavy atom. The summed E-state index contributed by atoms with van der Waals surface area (Å²) in [5.41, 5.74) is 2.41. The van der Waals surface area contributed by atoms with Crippen molar-refractivity contribution in [2.45, 2.75) is 12.5 Å². The second-order valence-electron chi connectivity index (χ2n) is 10.1. The molecule has 4 rings (SSSR count). The normalized spacial score (nSPS) is 13.7. The van der Waals surface area contributed by atoms with E-state index in [4.69, 9.17) is 22.2 Å². The van der Waals surface area contributed by atoms with Gasteiger partial charge in [0.05, 0.1) is 24.5 Å². The molecule has 238 valence electrons. The van der Waals surface area contributed by atoms with Crippen LogP contribution in [0, 0.1) is 0 Å². The van der Waals surface area contributed by atoms with E-state index in [-0.39, 0.29) is 17.9 Å². The zero-order chi connectivity index (χ0) is 33.1. The fraction of sp³-hybridized carbons (Fsp3) is 0.188. The predicted molar refractivity (Wildman–Crippen MR) is 176 cm³/mol. The molecule has 1 saturated heterocycles. The molecule has 0 aliphatic carbocycles. The second-order valence-corrected chi connectivity index (χ2v) is 10.5. The molecule has 1 heterocycles. The molecular weight excluding hydrogens is 614 g/mol. The monoisotopic (exact) mass is 645 g/mol. The van der Waals surface area contributed by atoms with E-state index < -0.39 is 23.8 Å². The van der Waals surface area contributed by atoms with Crippen LogP contribution in [0.2, 0.25) is 5.02 Å². The zero-order valence-electron chi connectivity index (χ0n) is 24.6. The Morgan fingerprint density at radius 1 is 1.07 bits per heavy atom. The molecule has 0 radical (unpaired) electrons. The maximum Gasteiger partial charge on any atom is 0.335 e. The molecule has 46 heavy (non-hydrogen) atoms. The maximum atomic E-state index is 13.5. The predicted octanol–water partition coefficient (Wildman–Crippen LogP) is 3.21. The molecule has 1 aliphatic rings. The van der Waals surface area contributed by atoms with Gasteiger partial charge < -0.3 is 25.4 Å². The van der Waals surface area contributed by atoms with E-state index in [0.717, 1.165) is 0 Å². The average molecular weight is 646 g/mol. The Morgan fingerprint density at radius 2 is 1.80 bits per heavy atom. The Kier molecular flexibility index (Phi) is 11.7. The van der Waals surface area contributed by atoms with Crippen LogP contribution in [0.1, 0.15) is 31.8 Å². The minimum atomic E-state index is -1.11. The number of rotatable bonds is 12. The summed E-state index contributed by atoms with van der Waals surface area (Å²) < 4.78 is 5.34. The number of halogens is 1.